The lowest BCUT2D eigenvalue weighted by atomic mass is 9.79. The van der Waals surface area contributed by atoms with E-state index in [0.717, 1.165) is 0 Å². The molecule has 0 aromatic heterocycles. The van der Waals surface area contributed by atoms with Gasteiger partial charge in [-0.25, -0.2) is 0 Å². The first-order valence-electron chi connectivity index (χ1n) is 7.08. The third-order valence-corrected chi connectivity index (χ3v) is 4.05. The second kappa shape index (κ2) is 4.29. The van der Waals surface area contributed by atoms with Gasteiger partial charge in [-0.3, -0.25) is 0 Å². The molecule has 0 fully saturated rings. The number of fused-ring (bicyclic) bond motifs is 1. The van der Waals surface area contributed by atoms with Gasteiger partial charge in [0.2, 0.25) is 0 Å². The molecule has 0 amide bonds. The second-order valence-corrected chi connectivity index (χ2v) is 7.72. The molecule has 18 heavy (non-hydrogen) atoms. The third kappa shape index (κ3) is 2.71. The summed E-state index contributed by atoms with van der Waals surface area (Å²) in [5.74, 6) is 0. The molecule has 1 aromatic carbocycles. The Morgan fingerprint density at radius 2 is 1.72 bits per heavy atom. The number of hydrogen-bond donors (Lipinski definition) is 1. The summed E-state index contributed by atoms with van der Waals surface area (Å²) < 4.78 is 0. The van der Waals surface area contributed by atoms with Crippen molar-refractivity contribution in [3.8, 4) is 0 Å². The molecule has 100 valence electrons. The number of hydrogen-bond acceptors (Lipinski definition) is 1. The van der Waals surface area contributed by atoms with Gasteiger partial charge in [-0.15, -0.1) is 0 Å². The molecule has 1 heteroatoms. The number of aryl methyl sites for hydroxylation is 1. The molecule has 1 atom stereocenters. The summed E-state index contributed by atoms with van der Waals surface area (Å²) in [6.07, 6.45) is 2.44. The summed E-state index contributed by atoms with van der Waals surface area (Å²) in [7, 11) is 0. The Balaban J connectivity index is 2.27. The number of nitrogens with one attached hydrogen (secondary N) is 1. The van der Waals surface area contributed by atoms with Gasteiger partial charge in [0.1, 0.15) is 0 Å². The van der Waals surface area contributed by atoms with Crippen LogP contribution in [-0.2, 0) is 11.8 Å². The zero-order valence-corrected chi connectivity index (χ0v) is 12.7. The molecule has 0 saturated heterocycles. The highest BCUT2D eigenvalue weighted by Crippen LogP contribution is 2.35. The lowest BCUT2D eigenvalue weighted by Crippen LogP contribution is -2.37. The maximum absolute atomic E-state index is 3.72. The predicted molar refractivity (Wildman–Crippen MR) is 80.3 cm³/mol. The van der Waals surface area contributed by atoms with Crippen molar-refractivity contribution in [1.82, 2.24) is 0 Å². The molecular weight excluding hydrogens is 218 g/mol. The van der Waals surface area contributed by atoms with Gasteiger partial charge >= 0.3 is 0 Å². The van der Waals surface area contributed by atoms with Crippen molar-refractivity contribution in [3.05, 3.63) is 29.3 Å². The molecule has 0 bridgehead atoms. The van der Waals surface area contributed by atoms with Gasteiger partial charge in [0.05, 0.1) is 0 Å². The van der Waals surface area contributed by atoms with Gasteiger partial charge in [-0.05, 0) is 40.9 Å². The number of benzene rings is 1. The van der Waals surface area contributed by atoms with Crippen molar-refractivity contribution in [2.45, 2.75) is 65.8 Å². The first-order valence-corrected chi connectivity index (χ1v) is 7.08. The first kappa shape index (κ1) is 13.5. The van der Waals surface area contributed by atoms with Crippen LogP contribution >= 0.6 is 0 Å². The summed E-state index contributed by atoms with van der Waals surface area (Å²) in [5, 5.41) is 3.72. The van der Waals surface area contributed by atoms with E-state index >= 15 is 0 Å². The van der Waals surface area contributed by atoms with Crippen LogP contribution in [0.25, 0.3) is 0 Å². The van der Waals surface area contributed by atoms with Crippen LogP contribution in [0.1, 0.15) is 59.1 Å². The fourth-order valence-electron chi connectivity index (χ4n) is 2.62. The molecule has 0 spiro atoms. The smallest absolute Gasteiger partial charge is 0.0375 e. The molecule has 0 saturated carbocycles. The molecule has 1 aliphatic heterocycles. The maximum atomic E-state index is 3.72. The van der Waals surface area contributed by atoms with Gasteiger partial charge in [0.25, 0.3) is 0 Å². The average Bonchev–Trinajstić information content (AvgIpc) is 2.25. The van der Waals surface area contributed by atoms with E-state index in [0.29, 0.717) is 11.5 Å². The summed E-state index contributed by atoms with van der Waals surface area (Å²) >= 11 is 0. The molecule has 1 unspecified atom stereocenters. The molecule has 0 aliphatic carbocycles. The van der Waals surface area contributed by atoms with Crippen LogP contribution in [0, 0.1) is 5.41 Å². The minimum atomic E-state index is 0.246. The summed E-state index contributed by atoms with van der Waals surface area (Å²) in [4.78, 5) is 0. The van der Waals surface area contributed by atoms with Crippen LogP contribution < -0.4 is 5.32 Å². The summed E-state index contributed by atoms with van der Waals surface area (Å²) in [6, 6.07) is 7.52. The van der Waals surface area contributed by atoms with E-state index in [-0.39, 0.29) is 5.41 Å². The molecule has 1 aliphatic rings. The van der Waals surface area contributed by atoms with E-state index < -0.39 is 0 Å². The van der Waals surface area contributed by atoms with E-state index in [1.807, 2.05) is 0 Å². The van der Waals surface area contributed by atoms with E-state index in [2.05, 4.69) is 65.1 Å². The standard InChI is InChI=1S/C17H27N/c1-16(2,3)13-8-9-14-12(11-13)7-10-15(18-14)17(4,5)6/h8-9,11,15,18H,7,10H2,1-6H3. The largest absolute Gasteiger partial charge is 0.382 e. The zero-order chi connectivity index (χ0) is 13.6. The van der Waals surface area contributed by atoms with Gasteiger partial charge in [0.15, 0.2) is 0 Å². The molecule has 1 nitrogen and oxygen atoms in total. The molecule has 1 N–H and O–H groups in total. The van der Waals surface area contributed by atoms with Crippen LogP contribution in [0.4, 0.5) is 5.69 Å². The van der Waals surface area contributed by atoms with Crippen molar-refractivity contribution in [3.63, 3.8) is 0 Å². The fourth-order valence-corrected chi connectivity index (χ4v) is 2.62. The summed E-state index contributed by atoms with van der Waals surface area (Å²) in [6.45, 7) is 13.8. The fraction of sp³-hybridized carbons (Fsp3) is 0.647. The van der Waals surface area contributed by atoms with Crippen molar-refractivity contribution >= 4 is 5.69 Å². The Morgan fingerprint density at radius 1 is 1.06 bits per heavy atom. The normalized spacial score (nSPS) is 20.2. The van der Waals surface area contributed by atoms with Crippen molar-refractivity contribution in [2.75, 3.05) is 5.32 Å². The van der Waals surface area contributed by atoms with Crippen LogP contribution in [-0.4, -0.2) is 6.04 Å². The van der Waals surface area contributed by atoms with Crippen molar-refractivity contribution < 1.29 is 0 Å². The van der Waals surface area contributed by atoms with Gasteiger partial charge in [0, 0.05) is 11.7 Å². The Bertz CT molecular complexity index is 432. The Morgan fingerprint density at radius 3 is 2.28 bits per heavy atom. The number of anilines is 1. The van der Waals surface area contributed by atoms with E-state index in [4.69, 9.17) is 0 Å². The summed E-state index contributed by atoms with van der Waals surface area (Å²) in [5.41, 5.74) is 4.85. The second-order valence-electron chi connectivity index (χ2n) is 7.72. The highest BCUT2D eigenvalue weighted by molar-refractivity contribution is 5.56. The molecular formula is C17H27N. The van der Waals surface area contributed by atoms with Gasteiger partial charge in [-0.2, -0.15) is 0 Å². The Hall–Kier alpha value is -0.980. The SMILES string of the molecule is CC(C)(C)c1ccc2c(c1)CCC(C(C)(C)C)N2. The van der Waals surface area contributed by atoms with Crippen LogP contribution in [0.3, 0.4) is 0 Å². The third-order valence-electron chi connectivity index (χ3n) is 4.05. The monoisotopic (exact) mass is 245 g/mol. The average molecular weight is 245 g/mol. The van der Waals surface area contributed by atoms with E-state index in [1.165, 1.54) is 29.7 Å². The molecule has 2 rings (SSSR count). The Kier molecular flexibility index (Phi) is 3.21. The topological polar surface area (TPSA) is 12.0 Å². The minimum Gasteiger partial charge on any atom is -0.382 e. The lowest BCUT2D eigenvalue weighted by Gasteiger charge is -2.37. The number of rotatable bonds is 0. The minimum absolute atomic E-state index is 0.246. The quantitative estimate of drug-likeness (QED) is 0.695. The van der Waals surface area contributed by atoms with Gasteiger partial charge in [-0.1, -0.05) is 53.7 Å². The van der Waals surface area contributed by atoms with E-state index in [1.54, 1.807) is 0 Å². The predicted octanol–water partition coefficient (Wildman–Crippen LogP) is 4.76. The van der Waals surface area contributed by atoms with Crippen molar-refractivity contribution in [2.24, 2.45) is 5.41 Å². The van der Waals surface area contributed by atoms with E-state index in [9.17, 15) is 0 Å². The van der Waals surface area contributed by atoms with Crippen molar-refractivity contribution in [1.29, 1.82) is 0 Å². The molecule has 1 aromatic rings. The first-order chi connectivity index (χ1) is 8.18. The zero-order valence-electron chi connectivity index (χ0n) is 12.7. The lowest BCUT2D eigenvalue weighted by molar-refractivity contribution is 0.321. The van der Waals surface area contributed by atoms with Gasteiger partial charge < -0.3 is 5.32 Å². The van der Waals surface area contributed by atoms with Crippen LogP contribution in [0.15, 0.2) is 18.2 Å². The highest BCUT2D eigenvalue weighted by atomic mass is 14.9. The molecule has 0 radical (unpaired) electrons. The van der Waals surface area contributed by atoms with Crippen LogP contribution in [0.5, 0.6) is 0 Å². The maximum Gasteiger partial charge on any atom is 0.0375 e. The Labute approximate surface area is 112 Å². The highest BCUT2D eigenvalue weighted by Gasteiger charge is 2.28. The van der Waals surface area contributed by atoms with Crippen LogP contribution in [0.2, 0.25) is 0 Å². The molecule has 1 heterocycles.